The summed E-state index contributed by atoms with van der Waals surface area (Å²) in [5.41, 5.74) is 0.770. The van der Waals surface area contributed by atoms with Crippen molar-refractivity contribution in [3.8, 4) is 11.8 Å². The molecule has 164 valence electrons. The smallest absolute Gasteiger partial charge is 0.325 e. The van der Waals surface area contributed by atoms with Crippen molar-refractivity contribution in [2.75, 3.05) is 44.7 Å². The molecule has 0 spiro atoms. The highest BCUT2D eigenvalue weighted by Crippen LogP contribution is 2.23. The van der Waals surface area contributed by atoms with Crippen LogP contribution in [0.2, 0.25) is 0 Å². The van der Waals surface area contributed by atoms with Crippen LogP contribution in [-0.2, 0) is 4.79 Å². The number of halogens is 1. The molecule has 2 fully saturated rings. The number of piperidine rings is 1. The SMILES string of the molecule is COc1ccc(N2CCN(CC(=O)N3CCCC(Oc4ncc(F)cn4)C3)C2=O)cc1. The fraction of sp³-hybridized carbons (Fsp3) is 0.429. The van der Waals surface area contributed by atoms with E-state index in [1.54, 1.807) is 33.9 Å². The van der Waals surface area contributed by atoms with E-state index in [0.29, 0.717) is 26.2 Å². The van der Waals surface area contributed by atoms with Crippen molar-refractivity contribution in [3.05, 3.63) is 42.5 Å². The second-order valence-electron chi connectivity index (χ2n) is 7.46. The molecule has 1 aromatic carbocycles. The van der Waals surface area contributed by atoms with E-state index < -0.39 is 5.82 Å². The van der Waals surface area contributed by atoms with Gasteiger partial charge in [-0.3, -0.25) is 9.69 Å². The predicted molar refractivity (Wildman–Crippen MR) is 110 cm³/mol. The van der Waals surface area contributed by atoms with Crippen LogP contribution in [-0.4, -0.2) is 77.6 Å². The summed E-state index contributed by atoms with van der Waals surface area (Å²) < 4.78 is 23.8. The van der Waals surface area contributed by atoms with E-state index in [1.165, 1.54) is 0 Å². The molecule has 0 bridgehead atoms. The first-order valence-corrected chi connectivity index (χ1v) is 10.2. The Hall–Kier alpha value is -3.43. The maximum absolute atomic E-state index is 13.0. The fourth-order valence-electron chi connectivity index (χ4n) is 3.77. The number of methoxy groups -OCH3 is 1. The summed E-state index contributed by atoms with van der Waals surface area (Å²) in [6.07, 6.45) is 3.33. The summed E-state index contributed by atoms with van der Waals surface area (Å²) in [4.78, 5) is 38.1. The molecule has 0 saturated carbocycles. The fourth-order valence-corrected chi connectivity index (χ4v) is 3.77. The molecule has 31 heavy (non-hydrogen) atoms. The maximum atomic E-state index is 13.0. The third kappa shape index (κ3) is 4.84. The number of benzene rings is 1. The number of aromatic nitrogens is 2. The van der Waals surface area contributed by atoms with Crippen LogP contribution < -0.4 is 14.4 Å². The van der Waals surface area contributed by atoms with Crippen molar-refractivity contribution in [3.63, 3.8) is 0 Å². The summed E-state index contributed by atoms with van der Waals surface area (Å²) in [6.45, 7) is 2.00. The van der Waals surface area contributed by atoms with Crippen molar-refractivity contribution < 1.29 is 23.5 Å². The summed E-state index contributed by atoms with van der Waals surface area (Å²) in [5, 5.41) is 0. The zero-order valence-corrected chi connectivity index (χ0v) is 17.2. The molecule has 3 heterocycles. The molecule has 2 saturated heterocycles. The van der Waals surface area contributed by atoms with Gasteiger partial charge in [-0.05, 0) is 37.1 Å². The molecule has 2 aliphatic rings. The van der Waals surface area contributed by atoms with Crippen LogP contribution in [0.4, 0.5) is 14.9 Å². The Labute approximate surface area is 179 Å². The Balaban J connectivity index is 1.32. The standard InChI is InChI=1S/C21H24FN5O4/c1-30-17-6-4-16(5-7-17)27-10-9-26(21(27)29)14-19(28)25-8-2-3-18(13-25)31-20-23-11-15(22)12-24-20/h4-7,11-12,18H,2-3,8-10,13-14H2,1H3. The van der Waals surface area contributed by atoms with Crippen LogP contribution in [0.3, 0.4) is 0 Å². The third-order valence-corrected chi connectivity index (χ3v) is 5.40. The molecule has 1 atom stereocenters. The molecule has 2 aromatic rings. The molecular weight excluding hydrogens is 405 g/mol. The van der Waals surface area contributed by atoms with Crippen LogP contribution in [0.1, 0.15) is 12.8 Å². The number of ether oxygens (including phenoxy) is 2. The van der Waals surface area contributed by atoms with E-state index in [9.17, 15) is 14.0 Å². The van der Waals surface area contributed by atoms with E-state index >= 15 is 0 Å². The zero-order chi connectivity index (χ0) is 21.8. The number of hydrogen-bond donors (Lipinski definition) is 0. The van der Waals surface area contributed by atoms with E-state index in [1.807, 2.05) is 12.1 Å². The van der Waals surface area contributed by atoms with Crippen molar-refractivity contribution in [2.24, 2.45) is 0 Å². The van der Waals surface area contributed by atoms with Gasteiger partial charge in [0.1, 0.15) is 18.4 Å². The number of amides is 3. The highest BCUT2D eigenvalue weighted by atomic mass is 19.1. The lowest BCUT2D eigenvalue weighted by Gasteiger charge is -2.33. The first-order chi connectivity index (χ1) is 15.0. The van der Waals surface area contributed by atoms with Gasteiger partial charge in [-0.15, -0.1) is 0 Å². The molecule has 1 unspecified atom stereocenters. The normalized spacial score (nSPS) is 19.0. The van der Waals surface area contributed by atoms with Crippen LogP contribution >= 0.6 is 0 Å². The first-order valence-electron chi connectivity index (χ1n) is 10.2. The van der Waals surface area contributed by atoms with Crippen LogP contribution in [0.15, 0.2) is 36.7 Å². The number of nitrogens with zero attached hydrogens (tertiary/aromatic N) is 5. The minimum Gasteiger partial charge on any atom is -0.497 e. The van der Waals surface area contributed by atoms with Crippen molar-refractivity contribution in [2.45, 2.75) is 18.9 Å². The molecule has 10 heteroatoms. The van der Waals surface area contributed by atoms with Gasteiger partial charge in [-0.1, -0.05) is 0 Å². The van der Waals surface area contributed by atoms with Gasteiger partial charge < -0.3 is 19.3 Å². The van der Waals surface area contributed by atoms with E-state index in [0.717, 1.165) is 36.7 Å². The van der Waals surface area contributed by atoms with Gasteiger partial charge in [-0.2, -0.15) is 0 Å². The minimum atomic E-state index is -0.535. The van der Waals surface area contributed by atoms with Crippen LogP contribution in [0.5, 0.6) is 11.8 Å². The monoisotopic (exact) mass is 429 g/mol. The number of anilines is 1. The average molecular weight is 429 g/mol. The molecule has 4 rings (SSSR count). The van der Waals surface area contributed by atoms with Gasteiger partial charge >= 0.3 is 12.0 Å². The lowest BCUT2D eigenvalue weighted by atomic mass is 10.1. The predicted octanol–water partition coefficient (Wildman–Crippen LogP) is 1.94. The summed E-state index contributed by atoms with van der Waals surface area (Å²) in [6, 6.07) is 7.15. The van der Waals surface area contributed by atoms with Crippen LogP contribution in [0.25, 0.3) is 0 Å². The average Bonchev–Trinajstić information content (AvgIpc) is 3.15. The highest BCUT2D eigenvalue weighted by molar-refractivity contribution is 5.96. The first kappa shape index (κ1) is 20.8. The molecule has 1 aromatic heterocycles. The zero-order valence-electron chi connectivity index (χ0n) is 17.2. The van der Waals surface area contributed by atoms with Crippen molar-refractivity contribution in [1.82, 2.24) is 19.8 Å². The number of rotatable bonds is 6. The van der Waals surface area contributed by atoms with E-state index in [2.05, 4.69) is 9.97 Å². The molecule has 9 nitrogen and oxygen atoms in total. The number of carbonyl (C=O) groups is 2. The Morgan fingerprint density at radius 1 is 1.16 bits per heavy atom. The van der Waals surface area contributed by atoms with Gasteiger partial charge in [0.05, 0.1) is 26.0 Å². The Morgan fingerprint density at radius 2 is 1.90 bits per heavy atom. The molecule has 3 amide bonds. The number of urea groups is 1. The molecule has 2 aliphatic heterocycles. The maximum Gasteiger partial charge on any atom is 0.325 e. The number of likely N-dealkylation sites (tertiary alicyclic amines) is 1. The van der Waals surface area contributed by atoms with Gasteiger partial charge in [-0.25, -0.2) is 19.2 Å². The minimum absolute atomic E-state index is 0.0191. The summed E-state index contributed by atoms with van der Waals surface area (Å²) in [7, 11) is 1.59. The quantitative estimate of drug-likeness (QED) is 0.697. The number of carbonyl (C=O) groups excluding carboxylic acids is 2. The summed E-state index contributed by atoms with van der Waals surface area (Å²) in [5.74, 6) is 0.0559. The molecule has 0 radical (unpaired) electrons. The molecule has 0 N–H and O–H groups in total. The lowest BCUT2D eigenvalue weighted by molar-refractivity contribution is -0.134. The Morgan fingerprint density at radius 3 is 2.61 bits per heavy atom. The largest absolute Gasteiger partial charge is 0.497 e. The van der Waals surface area contributed by atoms with Gasteiger partial charge in [0.15, 0.2) is 5.82 Å². The Kier molecular flexibility index (Phi) is 6.15. The topological polar surface area (TPSA) is 88.1 Å². The van der Waals surface area contributed by atoms with Crippen molar-refractivity contribution in [1.29, 1.82) is 0 Å². The van der Waals surface area contributed by atoms with Crippen LogP contribution in [0, 0.1) is 5.82 Å². The second kappa shape index (κ2) is 9.15. The van der Waals surface area contributed by atoms with Gasteiger partial charge in [0.2, 0.25) is 5.91 Å². The summed E-state index contributed by atoms with van der Waals surface area (Å²) >= 11 is 0. The van der Waals surface area contributed by atoms with Gasteiger partial charge in [0.25, 0.3) is 0 Å². The van der Waals surface area contributed by atoms with E-state index in [4.69, 9.17) is 9.47 Å². The third-order valence-electron chi connectivity index (χ3n) is 5.40. The molecule has 0 aliphatic carbocycles. The second-order valence-corrected chi connectivity index (χ2v) is 7.46. The van der Waals surface area contributed by atoms with Gasteiger partial charge in [0, 0.05) is 25.3 Å². The molecular formula is C21H24FN5O4. The Bertz CT molecular complexity index is 924. The number of hydrogen-bond acceptors (Lipinski definition) is 6. The van der Waals surface area contributed by atoms with E-state index in [-0.39, 0.29) is 30.6 Å². The highest BCUT2D eigenvalue weighted by Gasteiger charge is 2.33. The van der Waals surface area contributed by atoms with Crippen molar-refractivity contribution >= 4 is 17.6 Å². The lowest BCUT2D eigenvalue weighted by Crippen LogP contribution is -2.48.